The molecule has 0 N–H and O–H groups in total. The van der Waals surface area contributed by atoms with Crippen LogP contribution in [-0.4, -0.2) is 18.0 Å². The van der Waals surface area contributed by atoms with E-state index in [1.165, 1.54) is 43.5 Å². The van der Waals surface area contributed by atoms with E-state index in [4.69, 9.17) is 5.26 Å². The van der Waals surface area contributed by atoms with E-state index in [2.05, 4.69) is 29.2 Å². The number of piperidine rings is 1. The van der Waals surface area contributed by atoms with E-state index in [9.17, 15) is 0 Å². The highest BCUT2D eigenvalue weighted by atomic mass is 127. The van der Waals surface area contributed by atoms with Gasteiger partial charge in [0.15, 0.2) is 0 Å². The summed E-state index contributed by atoms with van der Waals surface area (Å²) in [5, 5.41) is 8.79. The quantitative estimate of drug-likeness (QED) is 0.709. The van der Waals surface area contributed by atoms with E-state index in [1.54, 1.807) is 0 Å². The lowest BCUT2D eigenvalue weighted by Crippen LogP contribution is -3.00. The molecule has 3 heteroatoms. The Kier molecular flexibility index (Phi) is 6.53. The van der Waals surface area contributed by atoms with Gasteiger partial charge in [-0.1, -0.05) is 30.7 Å². The van der Waals surface area contributed by atoms with Crippen LogP contribution in [0.5, 0.6) is 0 Å². The molecule has 2 nitrogen and oxygen atoms in total. The Balaban J connectivity index is 0.00000144. The summed E-state index contributed by atoms with van der Waals surface area (Å²) < 4.78 is 0. The lowest BCUT2D eigenvalue weighted by atomic mass is 10.0. The average molecular weight is 341 g/mol. The second kappa shape index (κ2) is 7.67. The van der Waals surface area contributed by atoms with E-state index in [0.29, 0.717) is 6.42 Å². The van der Waals surface area contributed by atoms with Crippen molar-refractivity contribution in [3.63, 3.8) is 0 Å². The fraction of sp³-hybridized carbons (Fsp3) is 0.500. The molecule has 0 unspecified atom stereocenters. The SMILES string of the molecule is N#CCc1ccccc1CN1CCCCC1.[I-]. The van der Waals surface area contributed by atoms with Crippen LogP contribution in [0.1, 0.15) is 30.4 Å². The average Bonchev–Trinajstić information content (AvgIpc) is 2.33. The van der Waals surface area contributed by atoms with Gasteiger partial charge in [-0.15, -0.1) is 0 Å². The van der Waals surface area contributed by atoms with Gasteiger partial charge in [0.05, 0.1) is 12.5 Å². The number of rotatable bonds is 3. The standard InChI is InChI=1S/C14H18N2.HI/c15-9-8-13-6-2-3-7-14(13)12-16-10-4-1-5-11-16;/h2-3,6-7H,1,4-5,8,10-12H2;1H/p-1. The van der Waals surface area contributed by atoms with Crippen LogP contribution < -0.4 is 24.0 Å². The summed E-state index contributed by atoms with van der Waals surface area (Å²) in [6.07, 6.45) is 4.54. The Morgan fingerprint density at radius 3 is 2.35 bits per heavy atom. The Hall–Kier alpha value is -0.600. The van der Waals surface area contributed by atoms with Crippen LogP contribution in [0.3, 0.4) is 0 Å². The predicted octanol–water partition coefficient (Wildman–Crippen LogP) is -0.257. The first-order valence-electron chi connectivity index (χ1n) is 6.06. The first-order valence-corrected chi connectivity index (χ1v) is 6.06. The van der Waals surface area contributed by atoms with Crippen molar-refractivity contribution in [2.45, 2.75) is 32.2 Å². The molecule has 1 aromatic carbocycles. The Morgan fingerprint density at radius 1 is 1.06 bits per heavy atom. The smallest absolute Gasteiger partial charge is 0.0669 e. The summed E-state index contributed by atoms with van der Waals surface area (Å²) in [4.78, 5) is 2.50. The van der Waals surface area contributed by atoms with Gasteiger partial charge in [-0.2, -0.15) is 5.26 Å². The third-order valence-corrected chi connectivity index (χ3v) is 3.23. The van der Waals surface area contributed by atoms with Gasteiger partial charge in [0, 0.05) is 6.54 Å². The molecule has 0 aliphatic carbocycles. The van der Waals surface area contributed by atoms with Crippen LogP contribution >= 0.6 is 0 Å². The highest BCUT2D eigenvalue weighted by Gasteiger charge is 2.11. The minimum Gasteiger partial charge on any atom is -1.00 e. The molecule has 1 aromatic rings. The van der Waals surface area contributed by atoms with Gasteiger partial charge in [0.25, 0.3) is 0 Å². The van der Waals surface area contributed by atoms with Crippen molar-refractivity contribution in [1.82, 2.24) is 4.90 Å². The van der Waals surface area contributed by atoms with E-state index in [1.807, 2.05) is 6.07 Å². The van der Waals surface area contributed by atoms with Gasteiger partial charge in [0.2, 0.25) is 0 Å². The van der Waals surface area contributed by atoms with Gasteiger partial charge in [-0.3, -0.25) is 4.90 Å². The molecule has 92 valence electrons. The number of benzene rings is 1. The molecule has 17 heavy (non-hydrogen) atoms. The maximum atomic E-state index is 8.79. The Labute approximate surface area is 121 Å². The summed E-state index contributed by atoms with van der Waals surface area (Å²) in [5.41, 5.74) is 2.52. The Morgan fingerprint density at radius 2 is 1.71 bits per heavy atom. The van der Waals surface area contributed by atoms with E-state index in [-0.39, 0.29) is 24.0 Å². The maximum Gasteiger partial charge on any atom is 0.0669 e. The lowest BCUT2D eigenvalue weighted by Gasteiger charge is -2.27. The third kappa shape index (κ3) is 4.29. The molecular formula is C14H18IN2-. The van der Waals surface area contributed by atoms with Crippen molar-refractivity contribution in [1.29, 1.82) is 5.26 Å². The van der Waals surface area contributed by atoms with E-state index < -0.39 is 0 Å². The molecule has 0 amide bonds. The molecule has 1 heterocycles. The van der Waals surface area contributed by atoms with Gasteiger partial charge in [0.1, 0.15) is 0 Å². The summed E-state index contributed by atoms with van der Waals surface area (Å²) >= 11 is 0. The summed E-state index contributed by atoms with van der Waals surface area (Å²) in [6, 6.07) is 10.6. The largest absolute Gasteiger partial charge is 1.00 e. The van der Waals surface area contributed by atoms with Crippen LogP contribution in [0, 0.1) is 11.3 Å². The minimum absolute atomic E-state index is 0. The predicted molar refractivity (Wildman–Crippen MR) is 64.9 cm³/mol. The van der Waals surface area contributed by atoms with Gasteiger partial charge in [-0.25, -0.2) is 0 Å². The first kappa shape index (κ1) is 14.5. The number of nitriles is 1. The van der Waals surface area contributed by atoms with Crippen molar-refractivity contribution in [2.75, 3.05) is 13.1 Å². The molecule has 0 aromatic heterocycles. The second-order valence-electron chi connectivity index (χ2n) is 4.44. The molecule has 0 spiro atoms. The normalized spacial score (nSPS) is 15.9. The van der Waals surface area contributed by atoms with Gasteiger partial charge >= 0.3 is 0 Å². The van der Waals surface area contributed by atoms with Crippen molar-refractivity contribution < 1.29 is 24.0 Å². The number of hydrogen-bond acceptors (Lipinski definition) is 2. The third-order valence-electron chi connectivity index (χ3n) is 3.23. The maximum absolute atomic E-state index is 8.79. The topological polar surface area (TPSA) is 27.0 Å². The fourth-order valence-electron chi connectivity index (χ4n) is 2.33. The molecule has 0 bridgehead atoms. The van der Waals surface area contributed by atoms with Crippen molar-refractivity contribution in [3.8, 4) is 6.07 Å². The first-order chi connectivity index (χ1) is 7.90. The van der Waals surface area contributed by atoms with Crippen molar-refractivity contribution in [3.05, 3.63) is 35.4 Å². The van der Waals surface area contributed by atoms with Crippen LogP contribution in [0.4, 0.5) is 0 Å². The van der Waals surface area contributed by atoms with Crippen LogP contribution in [-0.2, 0) is 13.0 Å². The van der Waals surface area contributed by atoms with E-state index in [0.717, 1.165) is 6.54 Å². The van der Waals surface area contributed by atoms with Gasteiger partial charge < -0.3 is 24.0 Å². The molecule has 1 fully saturated rings. The van der Waals surface area contributed by atoms with E-state index >= 15 is 0 Å². The zero-order chi connectivity index (χ0) is 11.2. The van der Waals surface area contributed by atoms with Crippen LogP contribution in [0.2, 0.25) is 0 Å². The number of likely N-dealkylation sites (tertiary alicyclic amines) is 1. The summed E-state index contributed by atoms with van der Waals surface area (Å²) in [5.74, 6) is 0. The molecular weight excluding hydrogens is 323 g/mol. The molecule has 1 saturated heterocycles. The number of halogens is 1. The highest BCUT2D eigenvalue weighted by Crippen LogP contribution is 2.16. The zero-order valence-corrected chi connectivity index (χ0v) is 12.2. The monoisotopic (exact) mass is 341 g/mol. The lowest BCUT2D eigenvalue weighted by molar-refractivity contribution is -0.00000358. The van der Waals surface area contributed by atoms with Crippen LogP contribution in [0.15, 0.2) is 24.3 Å². The molecule has 0 saturated carbocycles. The molecule has 0 radical (unpaired) electrons. The number of hydrogen-bond donors (Lipinski definition) is 0. The minimum atomic E-state index is 0. The number of nitrogens with zero attached hydrogens (tertiary/aromatic N) is 2. The summed E-state index contributed by atoms with van der Waals surface area (Å²) in [7, 11) is 0. The van der Waals surface area contributed by atoms with Crippen molar-refractivity contribution in [2.24, 2.45) is 0 Å². The zero-order valence-electron chi connectivity index (χ0n) is 10.0. The second-order valence-corrected chi connectivity index (χ2v) is 4.44. The van der Waals surface area contributed by atoms with Crippen molar-refractivity contribution >= 4 is 0 Å². The van der Waals surface area contributed by atoms with Crippen LogP contribution in [0.25, 0.3) is 0 Å². The highest BCUT2D eigenvalue weighted by molar-refractivity contribution is 5.29. The van der Waals surface area contributed by atoms with Gasteiger partial charge in [-0.05, 0) is 37.1 Å². The summed E-state index contributed by atoms with van der Waals surface area (Å²) in [6.45, 7) is 3.43. The fourth-order valence-corrected chi connectivity index (χ4v) is 2.33. The molecule has 1 aliphatic rings. The Bertz CT molecular complexity index is 378. The molecule has 0 atom stereocenters. The molecule has 1 aliphatic heterocycles. The molecule has 2 rings (SSSR count).